The Kier molecular flexibility index (Phi) is 2.49. The van der Waals surface area contributed by atoms with Crippen LogP contribution in [0.25, 0.3) is 0 Å². The van der Waals surface area contributed by atoms with Gasteiger partial charge in [0.1, 0.15) is 0 Å². The minimum Gasteiger partial charge on any atom is -0.478 e. The summed E-state index contributed by atoms with van der Waals surface area (Å²) in [6.45, 7) is 1.71. The van der Waals surface area contributed by atoms with Crippen LogP contribution in [-0.4, -0.2) is 33.5 Å². The Morgan fingerprint density at radius 1 is 1.58 bits per heavy atom. The molecule has 0 aliphatic heterocycles. The van der Waals surface area contributed by atoms with Crippen molar-refractivity contribution in [3.63, 3.8) is 0 Å². The van der Waals surface area contributed by atoms with Crippen molar-refractivity contribution in [1.29, 1.82) is 0 Å². The molecule has 1 aliphatic carbocycles. The van der Waals surface area contributed by atoms with Gasteiger partial charge in [0.15, 0.2) is 0 Å². The Morgan fingerprint density at radius 2 is 2.17 bits per heavy atom. The fraction of sp³-hybridized carbons (Fsp3) is 0.625. The van der Waals surface area contributed by atoms with Gasteiger partial charge in [0.25, 0.3) is 0 Å². The molecule has 12 heavy (non-hydrogen) atoms. The van der Waals surface area contributed by atoms with Crippen LogP contribution in [0, 0.1) is 5.92 Å². The number of aliphatic hydroxyl groups is 2. The number of carbonyl (C=O) groups is 1. The van der Waals surface area contributed by atoms with Gasteiger partial charge in [-0.05, 0) is 18.4 Å². The number of aliphatic carboxylic acids is 1. The summed E-state index contributed by atoms with van der Waals surface area (Å²) in [5.41, 5.74) is 0.181. The van der Waals surface area contributed by atoms with Gasteiger partial charge >= 0.3 is 5.97 Å². The first-order valence-electron chi connectivity index (χ1n) is 3.82. The van der Waals surface area contributed by atoms with Gasteiger partial charge in [-0.1, -0.05) is 6.92 Å². The third kappa shape index (κ3) is 1.65. The number of hydrogen-bond donors (Lipinski definition) is 3. The molecule has 0 fully saturated rings. The van der Waals surface area contributed by atoms with Crippen molar-refractivity contribution in [2.24, 2.45) is 5.92 Å². The van der Waals surface area contributed by atoms with Crippen LogP contribution < -0.4 is 0 Å². The summed E-state index contributed by atoms with van der Waals surface area (Å²) in [5, 5.41) is 27.0. The second-order valence-electron chi connectivity index (χ2n) is 3.16. The maximum absolute atomic E-state index is 10.5. The smallest absolute Gasteiger partial charge is 0.331 e. The highest BCUT2D eigenvalue weighted by molar-refractivity contribution is 5.86. The largest absolute Gasteiger partial charge is 0.478 e. The van der Waals surface area contributed by atoms with E-state index in [4.69, 9.17) is 5.11 Å². The Balaban J connectivity index is 2.81. The minimum absolute atomic E-state index is 0.181. The number of aliphatic hydroxyl groups excluding tert-OH is 2. The van der Waals surface area contributed by atoms with Gasteiger partial charge < -0.3 is 15.3 Å². The predicted molar refractivity (Wildman–Crippen MR) is 41.5 cm³/mol. The molecule has 0 spiro atoms. The lowest BCUT2D eigenvalue weighted by molar-refractivity contribution is -0.133. The van der Waals surface area contributed by atoms with E-state index in [9.17, 15) is 15.0 Å². The molecule has 0 aromatic carbocycles. The summed E-state index contributed by atoms with van der Waals surface area (Å²) < 4.78 is 0. The first-order chi connectivity index (χ1) is 5.52. The van der Waals surface area contributed by atoms with Gasteiger partial charge in [-0.15, -0.1) is 0 Å². The van der Waals surface area contributed by atoms with Crippen LogP contribution in [0.15, 0.2) is 11.6 Å². The van der Waals surface area contributed by atoms with Gasteiger partial charge in [-0.2, -0.15) is 0 Å². The summed E-state index contributed by atoms with van der Waals surface area (Å²) in [6.07, 6.45) is -0.367. The maximum Gasteiger partial charge on any atom is 0.331 e. The highest BCUT2D eigenvalue weighted by Crippen LogP contribution is 2.24. The van der Waals surface area contributed by atoms with Crippen LogP contribution in [0.1, 0.15) is 13.3 Å². The molecule has 0 radical (unpaired) electrons. The van der Waals surface area contributed by atoms with Gasteiger partial charge in [0, 0.05) is 5.57 Å². The van der Waals surface area contributed by atoms with Crippen molar-refractivity contribution in [2.75, 3.05) is 0 Å². The molecule has 4 heteroatoms. The van der Waals surface area contributed by atoms with Crippen molar-refractivity contribution in [2.45, 2.75) is 25.6 Å². The molecule has 0 aromatic heterocycles. The third-order valence-electron chi connectivity index (χ3n) is 2.12. The van der Waals surface area contributed by atoms with E-state index in [1.807, 2.05) is 0 Å². The number of carboxylic acid groups (broad SMARTS) is 1. The zero-order valence-corrected chi connectivity index (χ0v) is 6.77. The third-order valence-corrected chi connectivity index (χ3v) is 2.12. The van der Waals surface area contributed by atoms with E-state index >= 15 is 0 Å². The second-order valence-corrected chi connectivity index (χ2v) is 3.16. The van der Waals surface area contributed by atoms with Crippen LogP contribution in [0.2, 0.25) is 0 Å². The molecule has 4 nitrogen and oxygen atoms in total. The fourth-order valence-corrected chi connectivity index (χ4v) is 1.34. The number of carboxylic acids is 1. The van der Waals surface area contributed by atoms with E-state index in [1.54, 1.807) is 6.92 Å². The van der Waals surface area contributed by atoms with E-state index in [0.717, 1.165) is 0 Å². The van der Waals surface area contributed by atoms with E-state index in [0.29, 0.717) is 6.42 Å². The normalized spacial score (nSPS) is 35.9. The first-order valence-corrected chi connectivity index (χ1v) is 3.82. The lowest BCUT2D eigenvalue weighted by atomic mass is 9.86. The zero-order valence-electron chi connectivity index (χ0n) is 6.77. The Labute approximate surface area is 70.1 Å². The average Bonchev–Trinajstić information content (AvgIpc) is 1.99. The maximum atomic E-state index is 10.5. The highest BCUT2D eigenvalue weighted by atomic mass is 16.4. The molecular formula is C8H12O4. The zero-order chi connectivity index (χ0) is 9.30. The lowest BCUT2D eigenvalue weighted by Crippen LogP contribution is -2.35. The standard InChI is InChI=1S/C8H12O4/c1-4-2-5(8(11)12)3-6(9)7(4)10/h3-4,6-7,9-10H,2H2,1H3,(H,11,12). The van der Waals surface area contributed by atoms with Crippen molar-refractivity contribution in [1.82, 2.24) is 0 Å². The average molecular weight is 172 g/mol. The Bertz CT molecular complexity index is 221. The topological polar surface area (TPSA) is 77.8 Å². The minimum atomic E-state index is -1.04. The summed E-state index contributed by atoms with van der Waals surface area (Å²) in [6, 6.07) is 0. The molecule has 1 aliphatic rings. The molecule has 68 valence electrons. The lowest BCUT2D eigenvalue weighted by Gasteiger charge is -2.27. The molecule has 0 bridgehead atoms. The molecule has 0 aromatic rings. The van der Waals surface area contributed by atoms with Crippen molar-refractivity contribution >= 4 is 5.97 Å². The summed E-state index contributed by atoms with van der Waals surface area (Å²) in [5.74, 6) is -1.22. The summed E-state index contributed by atoms with van der Waals surface area (Å²) in [7, 11) is 0. The summed E-state index contributed by atoms with van der Waals surface area (Å²) >= 11 is 0. The number of rotatable bonds is 1. The van der Waals surface area contributed by atoms with E-state index in [2.05, 4.69) is 0 Å². The second kappa shape index (κ2) is 3.25. The molecule has 3 atom stereocenters. The SMILES string of the molecule is CC1CC(C(=O)O)=CC(O)C1O. The molecule has 1 rings (SSSR count). The van der Waals surface area contributed by atoms with Gasteiger partial charge in [0.2, 0.25) is 0 Å². The highest BCUT2D eigenvalue weighted by Gasteiger charge is 2.29. The van der Waals surface area contributed by atoms with E-state index in [1.165, 1.54) is 6.08 Å². The molecular weight excluding hydrogens is 160 g/mol. The van der Waals surface area contributed by atoms with Crippen LogP contribution in [0.3, 0.4) is 0 Å². The predicted octanol–water partition coefficient (Wildman–Crippen LogP) is -0.241. The van der Waals surface area contributed by atoms with E-state index < -0.39 is 18.2 Å². The van der Waals surface area contributed by atoms with Crippen LogP contribution in [0.5, 0.6) is 0 Å². The van der Waals surface area contributed by atoms with Crippen molar-refractivity contribution in [3.05, 3.63) is 11.6 Å². The molecule has 3 unspecified atom stereocenters. The van der Waals surface area contributed by atoms with Crippen LogP contribution in [0.4, 0.5) is 0 Å². The summed E-state index contributed by atoms with van der Waals surface area (Å²) in [4.78, 5) is 10.5. The first kappa shape index (κ1) is 9.22. The molecule has 0 amide bonds. The molecule has 0 saturated heterocycles. The fourth-order valence-electron chi connectivity index (χ4n) is 1.34. The molecule has 0 heterocycles. The van der Waals surface area contributed by atoms with E-state index in [-0.39, 0.29) is 11.5 Å². The van der Waals surface area contributed by atoms with Crippen molar-refractivity contribution in [3.8, 4) is 0 Å². The monoisotopic (exact) mass is 172 g/mol. The van der Waals surface area contributed by atoms with Crippen LogP contribution in [-0.2, 0) is 4.79 Å². The quantitative estimate of drug-likeness (QED) is 0.510. The Hall–Kier alpha value is -0.870. The van der Waals surface area contributed by atoms with Gasteiger partial charge in [-0.3, -0.25) is 0 Å². The molecule has 0 saturated carbocycles. The van der Waals surface area contributed by atoms with Crippen LogP contribution >= 0.6 is 0 Å². The van der Waals surface area contributed by atoms with Gasteiger partial charge in [-0.25, -0.2) is 4.79 Å². The van der Waals surface area contributed by atoms with Crippen molar-refractivity contribution < 1.29 is 20.1 Å². The van der Waals surface area contributed by atoms with Gasteiger partial charge in [0.05, 0.1) is 12.2 Å². The molecule has 3 N–H and O–H groups in total. The number of hydrogen-bond acceptors (Lipinski definition) is 3. The Morgan fingerprint density at radius 3 is 2.58 bits per heavy atom.